The van der Waals surface area contributed by atoms with E-state index in [1.807, 2.05) is 0 Å². The third-order valence-corrected chi connectivity index (χ3v) is 5.05. The summed E-state index contributed by atoms with van der Waals surface area (Å²) in [6, 6.07) is 8.28. The van der Waals surface area contributed by atoms with E-state index in [0.29, 0.717) is 17.0 Å². The highest BCUT2D eigenvalue weighted by Crippen LogP contribution is 2.21. The number of aryl methyl sites for hydroxylation is 2. The Morgan fingerprint density at radius 2 is 2.09 bits per heavy atom. The minimum absolute atomic E-state index is 0.0916. The highest BCUT2D eigenvalue weighted by Gasteiger charge is 2.20. The van der Waals surface area contributed by atoms with E-state index in [1.54, 1.807) is 49.0 Å². The molecule has 0 bridgehead atoms. The van der Waals surface area contributed by atoms with Gasteiger partial charge in [-0.2, -0.15) is 0 Å². The van der Waals surface area contributed by atoms with Crippen LogP contribution in [-0.4, -0.2) is 31.7 Å². The average molecular weight is 324 g/mol. The van der Waals surface area contributed by atoms with Gasteiger partial charge in [0.25, 0.3) is 0 Å². The van der Waals surface area contributed by atoms with Gasteiger partial charge in [0.2, 0.25) is 10.0 Å². The van der Waals surface area contributed by atoms with E-state index in [-0.39, 0.29) is 11.4 Å². The van der Waals surface area contributed by atoms with Crippen LogP contribution in [0.2, 0.25) is 0 Å². The topological polar surface area (TPSA) is 80.6 Å². The van der Waals surface area contributed by atoms with Crippen LogP contribution in [0.5, 0.6) is 5.75 Å². The van der Waals surface area contributed by atoms with Crippen LogP contribution < -0.4 is 9.46 Å². The van der Waals surface area contributed by atoms with Gasteiger partial charge in [-0.05, 0) is 42.8 Å². The van der Waals surface area contributed by atoms with E-state index in [4.69, 9.17) is 4.74 Å². The molecule has 0 aliphatic rings. The standard InChI is InChI=1S/C15H20N2O4S/c1-11-9-12(21-3)6-7-15(11)22(19,20)16-10-14(18)13-5-4-8-17(13)2/h4-9,14,16,18H,10H2,1-3H3/t14-/m0/s1. The van der Waals surface area contributed by atoms with Crippen molar-refractivity contribution in [3.05, 3.63) is 47.8 Å². The zero-order valence-electron chi connectivity index (χ0n) is 12.8. The van der Waals surface area contributed by atoms with Crippen molar-refractivity contribution in [3.63, 3.8) is 0 Å². The van der Waals surface area contributed by atoms with Crippen LogP contribution in [0.25, 0.3) is 0 Å². The van der Waals surface area contributed by atoms with Crippen LogP contribution >= 0.6 is 0 Å². The van der Waals surface area contributed by atoms with Crippen molar-refractivity contribution in [1.29, 1.82) is 0 Å². The van der Waals surface area contributed by atoms with E-state index in [2.05, 4.69) is 4.72 Å². The number of hydrogen-bond acceptors (Lipinski definition) is 4. The number of rotatable bonds is 6. The molecule has 0 fully saturated rings. The second-order valence-corrected chi connectivity index (χ2v) is 6.78. The molecule has 1 aromatic heterocycles. The highest BCUT2D eigenvalue weighted by molar-refractivity contribution is 7.89. The second-order valence-electron chi connectivity index (χ2n) is 5.04. The van der Waals surface area contributed by atoms with Gasteiger partial charge >= 0.3 is 0 Å². The maximum Gasteiger partial charge on any atom is 0.240 e. The first-order valence-electron chi connectivity index (χ1n) is 6.79. The number of hydrogen-bond donors (Lipinski definition) is 2. The molecule has 7 heteroatoms. The summed E-state index contributed by atoms with van der Waals surface area (Å²) in [7, 11) is -0.372. The maximum absolute atomic E-state index is 12.3. The Morgan fingerprint density at radius 3 is 2.64 bits per heavy atom. The molecule has 0 spiro atoms. The van der Waals surface area contributed by atoms with Gasteiger partial charge in [-0.1, -0.05) is 0 Å². The summed E-state index contributed by atoms with van der Waals surface area (Å²) in [6.45, 7) is 1.61. The molecule has 0 saturated heterocycles. The van der Waals surface area contributed by atoms with E-state index in [1.165, 1.54) is 13.2 Å². The third-order valence-electron chi connectivity index (χ3n) is 3.46. The molecule has 0 aliphatic heterocycles. The van der Waals surface area contributed by atoms with E-state index >= 15 is 0 Å². The van der Waals surface area contributed by atoms with Gasteiger partial charge in [0.1, 0.15) is 11.9 Å². The quantitative estimate of drug-likeness (QED) is 0.840. The van der Waals surface area contributed by atoms with Crippen molar-refractivity contribution in [2.45, 2.75) is 17.9 Å². The predicted molar refractivity (Wildman–Crippen MR) is 83.3 cm³/mol. The monoisotopic (exact) mass is 324 g/mol. The molecule has 1 atom stereocenters. The molecular weight excluding hydrogens is 304 g/mol. The SMILES string of the molecule is COc1ccc(S(=O)(=O)NC[C@H](O)c2cccn2C)c(C)c1. The lowest BCUT2D eigenvalue weighted by Crippen LogP contribution is -2.29. The number of nitrogens with zero attached hydrogens (tertiary/aromatic N) is 1. The van der Waals surface area contributed by atoms with Gasteiger partial charge in [0.15, 0.2) is 0 Å². The second kappa shape index (κ2) is 6.51. The number of sulfonamides is 1. The fourth-order valence-electron chi connectivity index (χ4n) is 2.24. The van der Waals surface area contributed by atoms with Crippen LogP contribution in [0.4, 0.5) is 0 Å². The molecule has 0 saturated carbocycles. The molecule has 1 heterocycles. The summed E-state index contributed by atoms with van der Waals surface area (Å²) in [5.74, 6) is 0.597. The van der Waals surface area contributed by atoms with E-state index in [0.717, 1.165) is 0 Å². The first-order valence-corrected chi connectivity index (χ1v) is 8.27. The third kappa shape index (κ3) is 3.49. The minimum atomic E-state index is -3.69. The predicted octanol–water partition coefficient (Wildman–Crippen LogP) is 1.35. The summed E-state index contributed by atoms with van der Waals surface area (Å²) in [5.41, 5.74) is 1.23. The van der Waals surface area contributed by atoms with Crippen molar-refractivity contribution in [2.75, 3.05) is 13.7 Å². The molecule has 2 N–H and O–H groups in total. The Bertz CT molecular complexity index is 753. The molecule has 6 nitrogen and oxygen atoms in total. The lowest BCUT2D eigenvalue weighted by atomic mass is 10.2. The van der Waals surface area contributed by atoms with Gasteiger partial charge in [-0.25, -0.2) is 13.1 Å². The molecule has 0 amide bonds. The molecule has 2 rings (SSSR count). The number of aromatic nitrogens is 1. The molecular formula is C15H20N2O4S. The molecule has 1 aromatic carbocycles. The Balaban J connectivity index is 2.13. The lowest BCUT2D eigenvalue weighted by molar-refractivity contribution is 0.173. The normalized spacial score (nSPS) is 13.1. The van der Waals surface area contributed by atoms with E-state index < -0.39 is 16.1 Å². The van der Waals surface area contributed by atoms with Crippen molar-refractivity contribution >= 4 is 10.0 Å². The number of benzene rings is 1. The Labute approximate surface area is 130 Å². The summed E-state index contributed by atoms with van der Waals surface area (Å²) in [6.07, 6.45) is 0.883. The number of aliphatic hydroxyl groups is 1. The fraction of sp³-hybridized carbons (Fsp3) is 0.333. The zero-order valence-corrected chi connectivity index (χ0v) is 13.6. The summed E-state index contributed by atoms with van der Waals surface area (Å²) in [4.78, 5) is 0.174. The Morgan fingerprint density at radius 1 is 1.36 bits per heavy atom. The van der Waals surface area contributed by atoms with Crippen LogP contribution in [0.15, 0.2) is 41.4 Å². The van der Waals surface area contributed by atoms with Gasteiger partial charge in [-0.3, -0.25) is 0 Å². The summed E-state index contributed by atoms with van der Waals surface area (Å²) < 4.78 is 33.9. The number of aliphatic hydroxyl groups excluding tert-OH is 1. The van der Waals surface area contributed by atoms with Crippen molar-refractivity contribution < 1.29 is 18.3 Å². The van der Waals surface area contributed by atoms with Gasteiger partial charge in [-0.15, -0.1) is 0 Å². The molecule has 2 aromatic rings. The van der Waals surface area contributed by atoms with Crippen LogP contribution in [-0.2, 0) is 17.1 Å². The largest absolute Gasteiger partial charge is 0.497 e. The minimum Gasteiger partial charge on any atom is -0.497 e. The fourth-order valence-corrected chi connectivity index (χ4v) is 3.50. The molecule has 22 heavy (non-hydrogen) atoms. The average Bonchev–Trinajstić information content (AvgIpc) is 2.90. The van der Waals surface area contributed by atoms with Gasteiger partial charge in [0.05, 0.1) is 12.0 Å². The molecule has 0 aliphatic carbocycles. The number of methoxy groups -OCH3 is 1. The molecule has 0 unspecified atom stereocenters. The van der Waals surface area contributed by atoms with Gasteiger partial charge in [0, 0.05) is 25.5 Å². The van der Waals surface area contributed by atoms with Crippen molar-refractivity contribution in [2.24, 2.45) is 7.05 Å². The van der Waals surface area contributed by atoms with Crippen molar-refractivity contribution in [3.8, 4) is 5.75 Å². The molecule has 0 radical (unpaired) electrons. The van der Waals surface area contributed by atoms with Crippen LogP contribution in [0.3, 0.4) is 0 Å². The zero-order chi connectivity index (χ0) is 16.3. The number of ether oxygens (including phenoxy) is 1. The van der Waals surface area contributed by atoms with Crippen molar-refractivity contribution in [1.82, 2.24) is 9.29 Å². The Hall–Kier alpha value is -1.83. The lowest BCUT2D eigenvalue weighted by Gasteiger charge is -2.14. The highest BCUT2D eigenvalue weighted by atomic mass is 32.2. The van der Waals surface area contributed by atoms with Crippen LogP contribution in [0.1, 0.15) is 17.4 Å². The smallest absolute Gasteiger partial charge is 0.240 e. The summed E-state index contributed by atoms with van der Waals surface area (Å²) >= 11 is 0. The first kappa shape index (κ1) is 16.5. The molecule has 120 valence electrons. The maximum atomic E-state index is 12.3. The van der Waals surface area contributed by atoms with E-state index in [9.17, 15) is 13.5 Å². The summed E-state index contributed by atoms with van der Waals surface area (Å²) in [5, 5.41) is 10.1. The Kier molecular flexibility index (Phi) is 4.90. The van der Waals surface area contributed by atoms with Gasteiger partial charge < -0.3 is 14.4 Å². The first-order chi connectivity index (χ1) is 10.3. The van der Waals surface area contributed by atoms with Crippen LogP contribution in [0, 0.1) is 6.92 Å². The number of nitrogens with one attached hydrogen (secondary N) is 1.